The first-order chi connectivity index (χ1) is 18.4. The van der Waals surface area contributed by atoms with Crippen molar-refractivity contribution in [3.8, 4) is 0 Å². The summed E-state index contributed by atoms with van der Waals surface area (Å²) in [7, 11) is -4.08. The molecule has 0 heterocycles. The monoisotopic (exact) mass is 549 g/mol. The van der Waals surface area contributed by atoms with Crippen LogP contribution in [0.5, 0.6) is 0 Å². The standard InChI is InChI=1S/C31H39N3O4S/c1-7-29(31(36)32-22(2)3)33(20-26-13-11-12-23(4)18-26)30(35)21-34(27-17-16-24(5)25(6)19-27)39(37,38)28-14-9-8-10-15-28/h8-19,22,29H,7,20-21H2,1-6H3,(H,32,36). The van der Waals surface area contributed by atoms with Crippen LogP contribution in [-0.4, -0.2) is 43.8 Å². The smallest absolute Gasteiger partial charge is 0.264 e. The Morgan fingerprint density at radius 2 is 1.56 bits per heavy atom. The molecule has 39 heavy (non-hydrogen) atoms. The van der Waals surface area contributed by atoms with Gasteiger partial charge in [-0.2, -0.15) is 0 Å². The molecule has 0 saturated heterocycles. The lowest BCUT2D eigenvalue weighted by Gasteiger charge is -2.33. The molecule has 0 spiro atoms. The number of benzene rings is 3. The van der Waals surface area contributed by atoms with Crippen molar-refractivity contribution in [3.63, 3.8) is 0 Å². The van der Waals surface area contributed by atoms with Crippen LogP contribution in [0, 0.1) is 20.8 Å². The Labute approximate surface area is 232 Å². The summed E-state index contributed by atoms with van der Waals surface area (Å²) >= 11 is 0. The van der Waals surface area contributed by atoms with Crippen LogP contribution in [0.1, 0.15) is 49.4 Å². The maximum atomic E-state index is 14.1. The number of anilines is 1. The number of aryl methyl sites for hydroxylation is 3. The molecule has 0 radical (unpaired) electrons. The van der Waals surface area contributed by atoms with E-state index in [0.717, 1.165) is 26.6 Å². The van der Waals surface area contributed by atoms with Crippen molar-refractivity contribution in [1.29, 1.82) is 0 Å². The molecule has 0 aliphatic rings. The molecule has 1 atom stereocenters. The first-order valence-electron chi connectivity index (χ1n) is 13.2. The fraction of sp³-hybridized carbons (Fsp3) is 0.355. The average molecular weight is 550 g/mol. The molecule has 3 aromatic rings. The predicted molar refractivity (Wildman–Crippen MR) is 156 cm³/mol. The summed E-state index contributed by atoms with van der Waals surface area (Å²) < 4.78 is 28.9. The van der Waals surface area contributed by atoms with Crippen LogP contribution >= 0.6 is 0 Å². The number of hydrogen-bond donors (Lipinski definition) is 1. The van der Waals surface area contributed by atoms with Crippen LogP contribution in [0.4, 0.5) is 5.69 Å². The number of carbonyl (C=O) groups excluding carboxylic acids is 2. The molecule has 3 aromatic carbocycles. The molecule has 8 heteroatoms. The molecule has 3 rings (SSSR count). The largest absolute Gasteiger partial charge is 0.352 e. The highest BCUT2D eigenvalue weighted by Crippen LogP contribution is 2.26. The van der Waals surface area contributed by atoms with E-state index in [1.807, 2.05) is 71.9 Å². The normalized spacial score (nSPS) is 12.2. The van der Waals surface area contributed by atoms with Crippen LogP contribution < -0.4 is 9.62 Å². The number of carbonyl (C=O) groups is 2. The Morgan fingerprint density at radius 1 is 0.872 bits per heavy atom. The summed E-state index contributed by atoms with van der Waals surface area (Å²) in [4.78, 5) is 28.9. The molecule has 0 aliphatic heterocycles. The summed E-state index contributed by atoms with van der Waals surface area (Å²) in [5, 5.41) is 2.92. The van der Waals surface area contributed by atoms with Gasteiger partial charge >= 0.3 is 0 Å². The van der Waals surface area contributed by atoms with E-state index in [1.165, 1.54) is 17.0 Å². The highest BCUT2D eigenvalue weighted by Gasteiger charge is 2.33. The summed E-state index contributed by atoms with van der Waals surface area (Å²) in [6.07, 6.45) is 0.380. The summed E-state index contributed by atoms with van der Waals surface area (Å²) in [5.41, 5.74) is 4.21. The van der Waals surface area contributed by atoms with E-state index in [0.29, 0.717) is 12.1 Å². The van der Waals surface area contributed by atoms with Crippen molar-refractivity contribution in [2.75, 3.05) is 10.8 Å². The lowest BCUT2D eigenvalue weighted by Crippen LogP contribution is -2.53. The SMILES string of the molecule is CCC(C(=O)NC(C)C)N(Cc1cccc(C)c1)C(=O)CN(c1ccc(C)c(C)c1)S(=O)(=O)c1ccccc1. The minimum Gasteiger partial charge on any atom is -0.352 e. The second-order valence-corrected chi connectivity index (χ2v) is 12.1. The first kappa shape index (κ1) is 29.9. The van der Waals surface area contributed by atoms with E-state index in [-0.39, 0.29) is 23.4 Å². The van der Waals surface area contributed by atoms with E-state index >= 15 is 0 Å². The van der Waals surface area contributed by atoms with Crippen LogP contribution in [0.25, 0.3) is 0 Å². The minimum absolute atomic E-state index is 0.0888. The maximum Gasteiger partial charge on any atom is 0.264 e. The molecule has 0 aliphatic carbocycles. The van der Waals surface area contributed by atoms with Gasteiger partial charge in [0.05, 0.1) is 10.6 Å². The minimum atomic E-state index is -4.08. The fourth-order valence-corrected chi connectivity index (χ4v) is 5.86. The molecule has 208 valence electrons. The number of sulfonamides is 1. The van der Waals surface area contributed by atoms with Crippen molar-refractivity contribution < 1.29 is 18.0 Å². The Hall–Kier alpha value is -3.65. The molecule has 7 nitrogen and oxygen atoms in total. The third-order valence-electron chi connectivity index (χ3n) is 6.64. The average Bonchev–Trinajstić information content (AvgIpc) is 2.88. The molecule has 0 fully saturated rings. The van der Waals surface area contributed by atoms with E-state index < -0.39 is 28.5 Å². The second kappa shape index (κ2) is 12.9. The van der Waals surface area contributed by atoms with Crippen molar-refractivity contribution in [2.45, 2.75) is 71.5 Å². The zero-order valence-electron chi connectivity index (χ0n) is 23.6. The van der Waals surface area contributed by atoms with E-state index in [1.54, 1.807) is 30.3 Å². The predicted octanol–water partition coefficient (Wildman–Crippen LogP) is 5.14. The van der Waals surface area contributed by atoms with E-state index in [9.17, 15) is 18.0 Å². The topological polar surface area (TPSA) is 86.8 Å². The number of amides is 2. The van der Waals surface area contributed by atoms with Gasteiger partial charge in [0.1, 0.15) is 12.6 Å². The molecule has 1 unspecified atom stereocenters. The highest BCUT2D eigenvalue weighted by atomic mass is 32.2. The number of nitrogens with one attached hydrogen (secondary N) is 1. The van der Waals surface area contributed by atoms with Gasteiger partial charge in [-0.3, -0.25) is 13.9 Å². The van der Waals surface area contributed by atoms with E-state index in [2.05, 4.69) is 5.32 Å². The number of rotatable bonds is 11. The molecule has 0 aromatic heterocycles. The lowest BCUT2D eigenvalue weighted by atomic mass is 10.1. The lowest BCUT2D eigenvalue weighted by molar-refractivity contribution is -0.140. The third-order valence-corrected chi connectivity index (χ3v) is 8.43. The van der Waals surface area contributed by atoms with Crippen molar-refractivity contribution in [2.24, 2.45) is 0 Å². The van der Waals surface area contributed by atoms with Crippen LogP contribution in [0.2, 0.25) is 0 Å². The van der Waals surface area contributed by atoms with Crippen LogP contribution in [0.15, 0.2) is 77.7 Å². The molecular formula is C31H39N3O4S. The third kappa shape index (κ3) is 7.47. The highest BCUT2D eigenvalue weighted by molar-refractivity contribution is 7.92. The Kier molecular flexibility index (Phi) is 9.92. The molecule has 1 N–H and O–H groups in total. The van der Waals surface area contributed by atoms with Crippen LogP contribution in [-0.2, 0) is 26.2 Å². The van der Waals surface area contributed by atoms with Crippen molar-refractivity contribution in [1.82, 2.24) is 10.2 Å². The quantitative estimate of drug-likeness (QED) is 0.359. The van der Waals surface area contributed by atoms with Crippen LogP contribution in [0.3, 0.4) is 0 Å². The zero-order valence-corrected chi connectivity index (χ0v) is 24.5. The van der Waals surface area contributed by atoms with Gasteiger partial charge in [0, 0.05) is 12.6 Å². The summed E-state index contributed by atoms with van der Waals surface area (Å²) in [6, 6.07) is 20.3. The van der Waals surface area contributed by atoms with Crippen molar-refractivity contribution in [3.05, 3.63) is 95.1 Å². The van der Waals surface area contributed by atoms with Gasteiger partial charge in [0.25, 0.3) is 10.0 Å². The van der Waals surface area contributed by atoms with Gasteiger partial charge < -0.3 is 10.2 Å². The fourth-order valence-electron chi connectivity index (χ4n) is 4.44. The summed E-state index contributed by atoms with van der Waals surface area (Å²) in [5.74, 6) is -0.725. The van der Waals surface area contributed by atoms with Gasteiger partial charge in [-0.25, -0.2) is 8.42 Å². The first-order valence-corrected chi connectivity index (χ1v) is 14.7. The molecule has 0 bridgehead atoms. The van der Waals surface area contributed by atoms with E-state index in [4.69, 9.17) is 0 Å². The number of hydrogen-bond acceptors (Lipinski definition) is 4. The Morgan fingerprint density at radius 3 is 2.15 bits per heavy atom. The Balaban J connectivity index is 2.08. The van der Waals surface area contributed by atoms with Gasteiger partial charge in [-0.15, -0.1) is 0 Å². The van der Waals surface area contributed by atoms with Gasteiger partial charge in [0.15, 0.2) is 0 Å². The molecule has 0 saturated carbocycles. The second-order valence-electron chi connectivity index (χ2n) is 10.2. The number of nitrogens with zero attached hydrogens (tertiary/aromatic N) is 2. The van der Waals surface area contributed by atoms with Crippen molar-refractivity contribution >= 4 is 27.5 Å². The maximum absolute atomic E-state index is 14.1. The van der Waals surface area contributed by atoms with Gasteiger partial charge in [-0.1, -0.05) is 61.0 Å². The molecular weight excluding hydrogens is 510 g/mol. The molecule has 2 amide bonds. The van der Waals surface area contributed by atoms with Gasteiger partial charge in [0.2, 0.25) is 11.8 Å². The zero-order chi connectivity index (χ0) is 28.7. The van der Waals surface area contributed by atoms with Gasteiger partial charge in [-0.05, 0) is 82.0 Å². The summed E-state index contributed by atoms with van der Waals surface area (Å²) in [6.45, 7) is 11.1. The Bertz CT molecular complexity index is 1400.